The van der Waals surface area contributed by atoms with Gasteiger partial charge in [0.05, 0.1) is 7.11 Å². The fourth-order valence-electron chi connectivity index (χ4n) is 5.44. The minimum Gasteiger partial charge on any atom is -0.496 e. The van der Waals surface area contributed by atoms with Crippen molar-refractivity contribution in [1.29, 1.82) is 0 Å². The molecule has 1 aliphatic carbocycles. The third-order valence-electron chi connectivity index (χ3n) is 8.09. The zero-order valence-corrected chi connectivity index (χ0v) is 20.0. The molecule has 0 radical (unpaired) electrons. The Balaban J connectivity index is 1.23. The van der Waals surface area contributed by atoms with E-state index in [4.69, 9.17) is 4.74 Å². The summed E-state index contributed by atoms with van der Waals surface area (Å²) in [5, 5.41) is 0. The second-order valence-corrected chi connectivity index (χ2v) is 10.1. The largest absolute Gasteiger partial charge is 0.496 e. The monoisotopic (exact) mass is 441 g/mol. The SMILES string of the molecule is CC[C@@H](C)CC(=O)N1CCC2(CC1)C[C@@H]2C(=O)N1CCN(Cc2ccccc2OC)CC1. The average molecular weight is 442 g/mol. The molecule has 1 aromatic rings. The van der Waals surface area contributed by atoms with Crippen molar-refractivity contribution in [3.05, 3.63) is 29.8 Å². The molecule has 2 atom stereocenters. The van der Waals surface area contributed by atoms with Crippen LogP contribution in [0.2, 0.25) is 0 Å². The van der Waals surface area contributed by atoms with E-state index >= 15 is 0 Å². The normalized spacial score (nSPS) is 23.8. The summed E-state index contributed by atoms with van der Waals surface area (Å²) < 4.78 is 5.48. The molecule has 0 bridgehead atoms. The first-order valence-electron chi connectivity index (χ1n) is 12.4. The van der Waals surface area contributed by atoms with Crippen molar-refractivity contribution < 1.29 is 14.3 Å². The van der Waals surface area contributed by atoms with E-state index in [1.807, 2.05) is 23.1 Å². The minimum absolute atomic E-state index is 0.165. The van der Waals surface area contributed by atoms with Gasteiger partial charge in [0.1, 0.15) is 5.75 Å². The van der Waals surface area contributed by atoms with Gasteiger partial charge in [0.2, 0.25) is 11.8 Å². The minimum atomic E-state index is 0.165. The number of carbonyl (C=O) groups is 2. The zero-order chi connectivity index (χ0) is 22.7. The number of likely N-dealkylation sites (tertiary alicyclic amines) is 1. The standard InChI is InChI=1S/C26H39N3O3/c1-4-20(2)17-24(30)28-11-9-26(10-12-28)18-22(26)25(31)29-15-13-27(14-16-29)19-21-7-5-6-8-23(21)32-3/h5-8,20,22H,4,9-19H2,1-3H3/t20-,22-/m1/s1. The Hall–Kier alpha value is -2.08. The third kappa shape index (κ3) is 4.95. The van der Waals surface area contributed by atoms with Crippen molar-refractivity contribution in [2.24, 2.45) is 17.3 Å². The van der Waals surface area contributed by atoms with E-state index < -0.39 is 0 Å². The van der Waals surface area contributed by atoms with Crippen LogP contribution in [0.4, 0.5) is 0 Å². The van der Waals surface area contributed by atoms with Crippen LogP contribution in [0.15, 0.2) is 24.3 Å². The van der Waals surface area contributed by atoms with Crippen LogP contribution in [0.3, 0.4) is 0 Å². The number of carbonyl (C=O) groups excluding carboxylic acids is 2. The van der Waals surface area contributed by atoms with Crippen molar-refractivity contribution in [2.75, 3.05) is 46.4 Å². The molecule has 3 fully saturated rings. The molecule has 1 spiro atoms. The second-order valence-electron chi connectivity index (χ2n) is 10.1. The van der Waals surface area contributed by atoms with E-state index in [9.17, 15) is 9.59 Å². The number of piperidine rings is 1. The maximum Gasteiger partial charge on any atom is 0.226 e. The Bertz CT molecular complexity index is 810. The van der Waals surface area contributed by atoms with Crippen LogP contribution in [0.5, 0.6) is 5.75 Å². The molecule has 32 heavy (non-hydrogen) atoms. The number of hydrogen-bond donors (Lipinski definition) is 0. The molecule has 176 valence electrons. The number of benzene rings is 1. The number of hydrogen-bond acceptors (Lipinski definition) is 4. The fourth-order valence-corrected chi connectivity index (χ4v) is 5.44. The van der Waals surface area contributed by atoms with Crippen LogP contribution in [-0.4, -0.2) is 72.9 Å². The smallest absolute Gasteiger partial charge is 0.226 e. The van der Waals surface area contributed by atoms with Crippen molar-refractivity contribution in [1.82, 2.24) is 14.7 Å². The Labute approximate surface area is 192 Å². The summed E-state index contributed by atoms with van der Waals surface area (Å²) in [4.78, 5) is 32.2. The number of ether oxygens (including phenoxy) is 1. The highest BCUT2D eigenvalue weighted by Gasteiger charge is 2.59. The molecule has 2 heterocycles. The summed E-state index contributed by atoms with van der Waals surface area (Å²) in [7, 11) is 1.72. The number of methoxy groups -OCH3 is 1. The quantitative estimate of drug-likeness (QED) is 0.651. The molecule has 6 nitrogen and oxygen atoms in total. The lowest BCUT2D eigenvalue weighted by Gasteiger charge is -2.37. The Morgan fingerprint density at radius 3 is 2.41 bits per heavy atom. The molecule has 0 aromatic heterocycles. The van der Waals surface area contributed by atoms with Crippen LogP contribution < -0.4 is 4.74 Å². The van der Waals surface area contributed by atoms with E-state index in [0.29, 0.717) is 24.2 Å². The van der Waals surface area contributed by atoms with Gasteiger partial charge in [-0.05, 0) is 36.7 Å². The molecule has 2 saturated heterocycles. The summed E-state index contributed by atoms with van der Waals surface area (Å²) in [5.41, 5.74) is 1.37. The predicted molar refractivity (Wildman–Crippen MR) is 125 cm³/mol. The maximum atomic E-state index is 13.2. The third-order valence-corrected chi connectivity index (χ3v) is 8.09. The number of rotatable bonds is 7. The first kappa shape index (κ1) is 23.1. The van der Waals surface area contributed by atoms with E-state index in [1.54, 1.807) is 7.11 Å². The molecule has 0 N–H and O–H groups in total. The second kappa shape index (κ2) is 9.82. The van der Waals surface area contributed by atoms with Crippen LogP contribution in [0, 0.1) is 17.3 Å². The highest BCUT2D eigenvalue weighted by molar-refractivity contribution is 5.83. The Kier molecular flexibility index (Phi) is 7.08. The molecule has 1 saturated carbocycles. The molecular formula is C26H39N3O3. The van der Waals surface area contributed by atoms with Gasteiger partial charge in [-0.15, -0.1) is 0 Å². The van der Waals surface area contributed by atoms with E-state index in [-0.39, 0.29) is 11.3 Å². The van der Waals surface area contributed by atoms with Crippen LogP contribution in [-0.2, 0) is 16.1 Å². The van der Waals surface area contributed by atoms with E-state index in [2.05, 4.69) is 29.7 Å². The van der Waals surface area contributed by atoms with Gasteiger partial charge < -0.3 is 14.5 Å². The number of nitrogens with zero attached hydrogens (tertiary/aromatic N) is 3. The van der Waals surface area contributed by atoms with Crippen LogP contribution >= 0.6 is 0 Å². The maximum absolute atomic E-state index is 13.2. The van der Waals surface area contributed by atoms with Crippen LogP contribution in [0.1, 0.15) is 51.5 Å². The molecular weight excluding hydrogens is 402 g/mol. The van der Waals surface area contributed by atoms with Gasteiger partial charge >= 0.3 is 0 Å². The first-order chi connectivity index (χ1) is 15.5. The molecule has 3 aliphatic rings. The zero-order valence-electron chi connectivity index (χ0n) is 20.0. The van der Waals surface area contributed by atoms with E-state index in [0.717, 1.165) is 77.2 Å². The fraction of sp³-hybridized carbons (Fsp3) is 0.692. The summed E-state index contributed by atoms with van der Waals surface area (Å²) in [6.07, 6.45) is 4.70. The van der Waals surface area contributed by atoms with Gasteiger partial charge in [0, 0.05) is 63.7 Å². The molecule has 2 aliphatic heterocycles. The molecule has 1 aromatic carbocycles. The van der Waals surface area contributed by atoms with Gasteiger partial charge in [-0.2, -0.15) is 0 Å². The lowest BCUT2D eigenvalue weighted by Crippen LogP contribution is -2.49. The van der Waals surface area contributed by atoms with Crippen molar-refractivity contribution in [3.63, 3.8) is 0 Å². The highest BCUT2D eigenvalue weighted by Crippen LogP contribution is 2.60. The topological polar surface area (TPSA) is 53.1 Å². The Morgan fingerprint density at radius 2 is 1.75 bits per heavy atom. The summed E-state index contributed by atoms with van der Waals surface area (Å²) in [5.74, 6) is 2.20. The van der Waals surface area contributed by atoms with Gasteiger partial charge in [-0.3, -0.25) is 14.5 Å². The van der Waals surface area contributed by atoms with Gasteiger partial charge in [-0.25, -0.2) is 0 Å². The summed E-state index contributed by atoms with van der Waals surface area (Å²) in [6, 6.07) is 8.17. The molecule has 0 unspecified atom stereocenters. The number of amides is 2. The molecule has 2 amide bonds. The summed E-state index contributed by atoms with van der Waals surface area (Å²) >= 11 is 0. The lowest BCUT2D eigenvalue weighted by molar-refractivity contribution is -0.136. The van der Waals surface area contributed by atoms with Crippen LogP contribution in [0.25, 0.3) is 0 Å². The summed E-state index contributed by atoms with van der Waals surface area (Å²) in [6.45, 7) is 10.2. The Morgan fingerprint density at radius 1 is 1.06 bits per heavy atom. The van der Waals surface area contributed by atoms with Crippen molar-refractivity contribution in [2.45, 2.75) is 52.5 Å². The van der Waals surface area contributed by atoms with E-state index in [1.165, 1.54) is 5.56 Å². The van der Waals surface area contributed by atoms with Gasteiger partial charge in [0.25, 0.3) is 0 Å². The van der Waals surface area contributed by atoms with Crippen molar-refractivity contribution >= 4 is 11.8 Å². The van der Waals surface area contributed by atoms with Gasteiger partial charge in [-0.1, -0.05) is 38.5 Å². The molecule has 4 rings (SSSR count). The lowest BCUT2D eigenvalue weighted by atomic mass is 9.90. The number of piperazine rings is 1. The first-order valence-corrected chi connectivity index (χ1v) is 12.4. The highest BCUT2D eigenvalue weighted by atomic mass is 16.5. The van der Waals surface area contributed by atoms with Crippen molar-refractivity contribution in [3.8, 4) is 5.75 Å². The number of para-hydroxylation sites is 1. The average Bonchev–Trinajstić information content (AvgIpc) is 3.52. The predicted octanol–water partition coefficient (Wildman–Crippen LogP) is 3.40. The molecule has 6 heteroatoms. The van der Waals surface area contributed by atoms with Gasteiger partial charge in [0.15, 0.2) is 0 Å².